The molecule has 0 aliphatic carbocycles. The van der Waals surface area contributed by atoms with Crippen LogP contribution in [0.3, 0.4) is 0 Å². The molecule has 0 bridgehead atoms. The molecule has 1 saturated heterocycles. The molecule has 0 spiro atoms. The normalized spacial score (nSPS) is 19.9. The van der Waals surface area contributed by atoms with Crippen LogP contribution in [0.2, 0.25) is 0 Å². The topological polar surface area (TPSA) is 98.6 Å². The molecule has 8 heteroatoms. The van der Waals surface area contributed by atoms with Crippen molar-refractivity contribution in [2.75, 3.05) is 23.7 Å². The molecule has 1 aliphatic rings. The predicted molar refractivity (Wildman–Crippen MR) is 74.4 cm³/mol. The number of aromatic nitrogens is 6. The minimum atomic E-state index is 0.206. The first kappa shape index (κ1) is 12.8. The molecule has 20 heavy (non-hydrogen) atoms. The van der Waals surface area contributed by atoms with E-state index in [0.29, 0.717) is 11.9 Å². The smallest absolute Gasteiger partial charge is 0.258 e. The summed E-state index contributed by atoms with van der Waals surface area (Å²) in [5.74, 6) is 1.98. The van der Waals surface area contributed by atoms with Gasteiger partial charge in [-0.3, -0.25) is 0 Å². The Morgan fingerprint density at radius 1 is 1.15 bits per heavy atom. The Morgan fingerprint density at radius 2 is 2.00 bits per heavy atom. The maximum absolute atomic E-state index is 5.79. The van der Waals surface area contributed by atoms with E-state index in [1.54, 1.807) is 6.33 Å². The zero-order valence-corrected chi connectivity index (χ0v) is 11.5. The molecule has 1 atom stereocenters. The Balaban J connectivity index is 1.89. The second-order valence-electron chi connectivity index (χ2n) is 5.16. The van der Waals surface area contributed by atoms with Gasteiger partial charge in [-0.25, -0.2) is 4.98 Å². The summed E-state index contributed by atoms with van der Waals surface area (Å²) in [6.45, 7) is 4.18. The summed E-state index contributed by atoms with van der Waals surface area (Å²) in [6.07, 6.45) is 6.51. The van der Waals surface area contributed by atoms with E-state index in [1.807, 2.05) is 0 Å². The first-order chi connectivity index (χ1) is 9.72. The van der Waals surface area contributed by atoms with Crippen molar-refractivity contribution in [2.24, 2.45) is 5.92 Å². The molecule has 1 fully saturated rings. The van der Waals surface area contributed by atoms with Crippen LogP contribution in [0.1, 0.15) is 26.2 Å². The van der Waals surface area contributed by atoms with Crippen molar-refractivity contribution in [3.05, 3.63) is 12.7 Å². The molecule has 2 aromatic rings. The van der Waals surface area contributed by atoms with Crippen molar-refractivity contribution in [3.8, 4) is 5.95 Å². The van der Waals surface area contributed by atoms with E-state index < -0.39 is 0 Å². The lowest BCUT2D eigenvalue weighted by molar-refractivity contribution is 0.521. The van der Waals surface area contributed by atoms with Gasteiger partial charge in [0.1, 0.15) is 12.7 Å². The van der Waals surface area contributed by atoms with Crippen LogP contribution in [0.15, 0.2) is 12.7 Å². The fourth-order valence-corrected chi connectivity index (χ4v) is 2.39. The maximum Gasteiger partial charge on any atom is 0.258 e. The summed E-state index contributed by atoms with van der Waals surface area (Å²) < 4.78 is 1.49. The zero-order valence-electron chi connectivity index (χ0n) is 11.5. The molecule has 0 aromatic carbocycles. The first-order valence-corrected chi connectivity index (χ1v) is 6.84. The number of hydrogen-bond acceptors (Lipinski definition) is 7. The zero-order chi connectivity index (χ0) is 13.9. The molecule has 3 rings (SSSR count). The van der Waals surface area contributed by atoms with E-state index in [2.05, 4.69) is 36.9 Å². The highest BCUT2D eigenvalue weighted by Gasteiger charge is 2.18. The number of nitrogens with two attached hydrogens (primary N) is 1. The average molecular weight is 274 g/mol. The highest BCUT2D eigenvalue weighted by molar-refractivity contribution is 5.37. The molecular formula is C12H18N8. The molecular weight excluding hydrogens is 256 g/mol. The van der Waals surface area contributed by atoms with Gasteiger partial charge in [0.05, 0.1) is 0 Å². The van der Waals surface area contributed by atoms with Crippen molar-refractivity contribution < 1.29 is 0 Å². The summed E-state index contributed by atoms with van der Waals surface area (Å²) in [6, 6.07) is 0. The molecule has 0 radical (unpaired) electrons. The first-order valence-electron chi connectivity index (χ1n) is 6.84. The Labute approximate surface area is 117 Å². The van der Waals surface area contributed by atoms with Crippen LogP contribution in [-0.4, -0.2) is 42.8 Å². The van der Waals surface area contributed by atoms with E-state index in [0.717, 1.165) is 31.8 Å². The van der Waals surface area contributed by atoms with E-state index in [-0.39, 0.29) is 5.95 Å². The van der Waals surface area contributed by atoms with E-state index in [4.69, 9.17) is 5.73 Å². The summed E-state index contributed by atoms with van der Waals surface area (Å²) in [7, 11) is 0. The molecule has 2 N–H and O–H groups in total. The van der Waals surface area contributed by atoms with Crippen molar-refractivity contribution >= 4 is 11.9 Å². The van der Waals surface area contributed by atoms with E-state index in [9.17, 15) is 0 Å². The molecule has 8 nitrogen and oxygen atoms in total. The minimum absolute atomic E-state index is 0.206. The number of nitrogen functional groups attached to an aromatic ring is 1. The Hall–Kier alpha value is -2.25. The van der Waals surface area contributed by atoms with Gasteiger partial charge >= 0.3 is 0 Å². The molecule has 0 saturated carbocycles. The van der Waals surface area contributed by atoms with Crippen LogP contribution < -0.4 is 10.6 Å². The SMILES string of the molecule is CC1CCCN(c2nc(N)nc(-n3cncn3)n2)CC1. The van der Waals surface area contributed by atoms with Gasteiger partial charge in [-0.15, -0.1) is 0 Å². The maximum atomic E-state index is 5.79. The highest BCUT2D eigenvalue weighted by atomic mass is 15.4. The molecule has 1 unspecified atom stereocenters. The lowest BCUT2D eigenvalue weighted by Crippen LogP contribution is -2.27. The minimum Gasteiger partial charge on any atom is -0.368 e. The Morgan fingerprint density at radius 3 is 2.80 bits per heavy atom. The molecule has 106 valence electrons. The van der Waals surface area contributed by atoms with E-state index in [1.165, 1.54) is 17.4 Å². The Kier molecular flexibility index (Phi) is 3.44. The number of anilines is 2. The molecule has 2 aromatic heterocycles. The lowest BCUT2D eigenvalue weighted by Gasteiger charge is -2.20. The summed E-state index contributed by atoms with van der Waals surface area (Å²) >= 11 is 0. The second-order valence-corrected chi connectivity index (χ2v) is 5.16. The predicted octanol–water partition coefficient (Wildman–Crippen LogP) is 0.661. The largest absolute Gasteiger partial charge is 0.368 e. The number of hydrogen-bond donors (Lipinski definition) is 1. The third kappa shape index (κ3) is 2.68. The van der Waals surface area contributed by atoms with Crippen molar-refractivity contribution in [3.63, 3.8) is 0 Å². The molecule has 0 amide bonds. The van der Waals surface area contributed by atoms with Gasteiger partial charge in [-0.05, 0) is 25.2 Å². The summed E-state index contributed by atoms with van der Waals surface area (Å²) in [4.78, 5) is 18.9. The van der Waals surface area contributed by atoms with Crippen LogP contribution >= 0.6 is 0 Å². The third-order valence-corrected chi connectivity index (χ3v) is 3.55. The van der Waals surface area contributed by atoms with Gasteiger partial charge in [0.2, 0.25) is 11.9 Å². The summed E-state index contributed by atoms with van der Waals surface area (Å²) in [5, 5.41) is 4.02. The lowest BCUT2D eigenvalue weighted by atomic mass is 10.0. The van der Waals surface area contributed by atoms with Gasteiger partial charge in [-0.2, -0.15) is 24.7 Å². The van der Waals surface area contributed by atoms with Crippen LogP contribution in [0, 0.1) is 5.92 Å². The van der Waals surface area contributed by atoms with Gasteiger partial charge in [0, 0.05) is 13.1 Å². The fourth-order valence-electron chi connectivity index (χ4n) is 2.39. The van der Waals surface area contributed by atoms with Gasteiger partial charge < -0.3 is 10.6 Å². The molecule has 1 aliphatic heterocycles. The monoisotopic (exact) mass is 274 g/mol. The number of nitrogens with zero attached hydrogens (tertiary/aromatic N) is 7. The van der Waals surface area contributed by atoms with Crippen LogP contribution in [0.5, 0.6) is 0 Å². The summed E-state index contributed by atoms with van der Waals surface area (Å²) in [5.41, 5.74) is 5.79. The highest BCUT2D eigenvalue weighted by Crippen LogP contribution is 2.20. The van der Waals surface area contributed by atoms with Crippen molar-refractivity contribution in [1.82, 2.24) is 29.7 Å². The third-order valence-electron chi connectivity index (χ3n) is 3.55. The van der Waals surface area contributed by atoms with Gasteiger partial charge in [-0.1, -0.05) is 6.92 Å². The second kappa shape index (κ2) is 5.40. The van der Waals surface area contributed by atoms with Gasteiger partial charge in [0.25, 0.3) is 5.95 Å². The number of rotatable bonds is 2. The average Bonchev–Trinajstić information content (AvgIpc) is 2.88. The Bertz CT molecular complexity index is 567. The standard InChI is InChI=1S/C12H18N8/c1-9-3-2-5-19(6-4-9)11-16-10(13)17-12(18-11)20-8-14-7-15-20/h7-9H,2-6H2,1H3,(H2,13,16,17,18). The van der Waals surface area contributed by atoms with Gasteiger partial charge in [0.15, 0.2) is 0 Å². The van der Waals surface area contributed by atoms with E-state index >= 15 is 0 Å². The van der Waals surface area contributed by atoms with Crippen molar-refractivity contribution in [1.29, 1.82) is 0 Å². The fraction of sp³-hybridized carbons (Fsp3) is 0.583. The molecule has 3 heterocycles. The van der Waals surface area contributed by atoms with Crippen molar-refractivity contribution in [2.45, 2.75) is 26.2 Å². The van der Waals surface area contributed by atoms with Crippen LogP contribution in [0.4, 0.5) is 11.9 Å². The van der Waals surface area contributed by atoms with Crippen LogP contribution in [-0.2, 0) is 0 Å². The quantitative estimate of drug-likeness (QED) is 0.858. The van der Waals surface area contributed by atoms with Crippen LogP contribution in [0.25, 0.3) is 5.95 Å².